The molecule has 5 heterocycles. The second kappa shape index (κ2) is 31.7. The molecular formula is C99H104N10. The van der Waals surface area contributed by atoms with Crippen LogP contribution in [-0.2, 0) is 0 Å². The molecule has 0 unspecified atom stereocenters. The Labute approximate surface area is 648 Å². The molecular weight excluding hydrogens is 1330 g/mol. The highest BCUT2D eigenvalue weighted by Crippen LogP contribution is 2.53. The third kappa shape index (κ3) is 14.2. The largest absolute Gasteiger partial charge is 0.353 e. The topological polar surface area (TPSA) is 32.4 Å². The van der Waals surface area contributed by atoms with Gasteiger partial charge in [0.15, 0.2) is 0 Å². The van der Waals surface area contributed by atoms with Gasteiger partial charge in [-0.05, 0) is 262 Å². The van der Waals surface area contributed by atoms with E-state index >= 15 is 0 Å². The summed E-state index contributed by atoms with van der Waals surface area (Å²) in [5.74, 6) is 0. The van der Waals surface area contributed by atoms with Gasteiger partial charge in [-0.3, -0.25) is 0 Å². The van der Waals surface area contributed by atoms with Crippen LogP contribution in [0.3, 0.4) is 0 Å². The van der Waals surface area contributed by atoms with Gasteiger partial charge in [0, 0.05) is 59.6 Å². The van der Waals surface area contributed by atoms with Gasteiger partial charge in [0.05, 0.1) is 56.9 Å². The Kier molecular flexibility index (Phi) is 21.5. The smallest absolute Gasteiger partial charge is 0.108 e. The van der Waals surface area contributed by atoms with Crippen LogP contribution in [0.2, 0.25) is 0 Å². The molecule has 0 aliphatic carbocycles. The SMILES string of the molecule is Cc1cc(C)cc(N2c3ccccc3N(c3ccccc3C)[C@@H]2C)c1.Cc1ccccc1N1c2ccccc2N(C)[C@H]1C.Cc1ccccc1N1c2ccccc2N(C)[C@H]1C.Cc1ccccc1N1c2ccccc2N(c2c(C)cccc2C)[C@H]1C.Cc1ccccc1N1c2ccccc2N(c2ccccc2)[C@H]1C. The number of para-hydroxylation sites is 17. The summed E-state index contributed by atoms with van der Waals surface area (Å²) >= 11 is 0. The van der Waals surface area contributed by atoms with Crippen molar-refractivity contribution < 1.29 is 0 Å². The minimum absolute atomic E-state index is 0.221. The van der Waals surface area contributed by atoms with Crippen molar-refractivity contribution in [1.82, 2.24) is 0 Å². The number of hydrogen-bond donors (Lipinski definition) is 0. The molecule has 0 bridgehead atoms. The molecule has 5 aliphatic heterocycles. The summed E-state index contributed by atoms with van der Waals surface area (Å²) in [5, 5.41) is 0. The van der Waals surface area contributed by atoms with Gasteiger partial charge in [-0.2, -0.15) is 0 Å². The molecule has 0 saturated heterocycles. The summed E-state index contributed by atoms with van der Waals surface area (Å²) in [7, 11) is 4.31. The monoisotopic (exact) mass is 1430 g/mol. The number of benzene rings is 13. The molecule has 0 N–H and O–H groups in total. The molecule has 0 aromatic heterocycles. The number of rotatable bonds is 8. The molecule has 0 radical (unpaired) electrons. The minimum Gasteiger partial charge on any atom is -0.353 e. The van der Waals surface area contributed by atoms with Gasteiger partial charge in [-0.25, -0.2) is 0 Å². The van der Waals surface area contributed by atoms with Crippen LogP contribution < -0.4 is 49.0 Å². The summed E-state index contributed by atoms with van der Waals surface area (Å²) in [6, 6.07) is 110. The highest BCUT2D eigenvalue weighted by atomic mass is 15.4. The molecule has 0 amide bonds. The van der Waals surface area contributed by atoms with Gasteiger partial charge in [-0.1, -0.05) is 194 Å². The average molecular weight is 1430 g/mol. The first-order chi connectivity index (χ1) is 52.8. The van der Waals surface area contributed by atoms with Crippen molar-refractivity contribution in [3.05, 3.63) is 359 Å². The number of nitrogens with zero attached hydrogens (tertiary/aromatic N) is 10. The first kappa shape index (κ1) is 73.7. The van der Waals surface area contributed by atoms with Gasteiger partial charge in [0.2, 0.25) is 0 Å². The number of hydrogen-bond acceptors (Lipinski definition) is 10. The normalized spacial score (nSPS) is 16.9. The summed E-state index contributed by atoms with van der Waals surface area (Å²) in [6.45, 7) is 31.0. The van der Waals surface area contributed by atoms with Gasteiger partial charge in [0.25, 0.3) is 0 Å². The minimum atomic E-state index is 0.221. The maximum Gasteiger partial charge on any atom is 0.108 e. The molecule has 13 aromatic carbocycles. The molecule has 5 atom stereocenters. The van der Waals surface area contributed by atoms with E-state index in [0.717, 1.165) is 0 Å². The van der Waals surface area contributed by atoms with Crippen molar-refractivity contribution in [3.63, 3.8) is 0 Å². The summed E-state index contributed by atoms with van der Waals surface area (Å²) in [6.07, 6.45) is 1.38. The molecule has 5 aliphatic rings. The predicted octanol–water partition coefficient (Wildman–Crippen LogP) is 26.0. The van der Waals surface area contributed by atoms with Gasteiger partial charge in [0.1, 0.15) is 30.8 Å². The van der Waals surface area contributed by atoms with Gasteiger partial charge < -0.3 is 49.0 Å². The van der Waals surface area contributed by atoms with Gasteiger partial charge >= 0.3 is 0 Å². The molecule has 0 saturated carbocycles. The second-order valence-corrected chi connectivity index (χ2v) is 29.6. The zero-order valence-corrected chi connectivity index (χ0v) is 66.3. The Balaban J connectivity index is 0.000000115. The van der Waals surface area contributed by atoms with Crippen LogP contribution in [0.5, 0.6) is 0 Å². The van der Waals surface area contributed by atoms with E-state index in [1.807, 2.05) is 0 Å². The quantitative estimate of drug-likeness (QED) is 0.147. The standard InChI is InChI=1S/2C23H24N2.C21H20N2.2C16H18N2/c1-16-10-5-6-13-20(16)24-19(4)25(22-15-8-7-14-21(22)24)23-17(2)11-9-12-18(23)3;1-16-13-17(2)15-20(14-16)24-19(4)25(21-10-6-5-9-18(21)3)23-12-8-7-11-22(23)24;1-16-10-6-7-13-19(16)23-17(2)22(18-11-4-3-5-12-18)20-14-8-9-15-21(20)23;2*1-12-8-4-5-9-14(12)18-13(2)17(3)15-10-6-7-11-16(15)18/h2*5-15,19H,1-4H3;3-15,17H,1-2H3;2*4-11,13H,1-3H3/t2*19-;17-;2*13-/m01111/s1. The van der Waals surface area contributed by atoms with Crippen molar-refractivity contribution in [3.8, 4) is 0 Å². The fourth-order valence-electron chi connectivity index (χ4n) is 17.0. The molecule has 18 rings (SSSR count). The number of fused-ring (bicyclic) bond motifs is 5. The van der Waals surface area contributed by atoms with E-state index in [1.54, 1.807) is 0 Å². The third-order valence-electron chi connectivity index (χ3n) is 22.4. The van der Waals surface area contributed by atoms with E-state index in [2.05, 4.69) is 469 Å². The fraction of sp³-hybridized carbons (Fsp3) is 0.212. The second-order valence-electron chi connectivity index (χ2n) is 29.6. The average Bonchev–Trinajstić information content (AvgIpc) is 1.61. The Morgan fingerprint density at radius 2 is 0.385 bits per heavy atom. The number of anilines is 18. The molecule has 550 valence electrons. The molecule has 13 aromatic rings. The third-order valence-corrected chi connectivity index (χ3v) is 22.4. The van der Waals surface area contributed by atoms with E-state index < -0.39 is 0 Å². The van der Waals surface area contributed by atoms with Crippen LogP contribution in [0.15, 0.2) is 309 Å². The van der Waals surface area contributed by atoms with E-state index in [-0.39, 0.29) is 18.5 Å². The molecule has 10 heteroatoms. The Hall–Kier alpha value is -12.1. The van der Waals surface area contributed by atoms with E-state index in [1.165, 1.54) is 152 Å². The lowest BCUT2D eigenvalue weighted by Crippen LogP contribution is -2.36. The van der Waals surface area contributed by atoms with Crippen LogP contribution in [-0.4, -0.2) is 44.9 Å². The Bertz CT molecular complexity index is 5210. The van der Waals surface area contributed by atoms with Crippen molar-refractivity contribution in [2.24, 2.45) is 0 Å². The maximum atomic E-state index is 2.48. The molecule has 10 nitrogen and oxygen atoms in total. The zero-order valence-electron chi connectivity index (χ0n) is 66.3. The van der Waals surface area contributed by atoms with E-state index in [0.29, 0.717) is 12.3 Å². The lowest BCUT2D eigenvalue weighted by molar-refractivity contribution is 0.732. The Morgan fingerprint density at radius 1 is 0.174 bits per heavy atom. The number of aryl methyl sites for hydroxylation is 9. The summed E-state index contributed by atoms with van der Waals surface area (Å²) in [5.41, 5.74) is 34.7. The van der Waals surface area contributed by atoms with Crippen molar-refractivity contribution in [2.45, 2.75) is 128 Å². The van der Waals surface area contributed by atoms with Crippen LogP contribution >= 0.6 is 0 Å². The summed E-state index contributed by atoms with van der Waals surface area (Å²) in [4.78, 5) is 24.1. The van der Waals surface area contributed by atoms with Crippen molar-refractivity contribution in [2.75, 3.05) is 63.1 Å². The van der Waals surface area contributed by atoms with E-state index in [4.69, 9.17) is 0 Å². The Morgan fingerprint density at radius 3 is 0.688 bits per heavy atom. The van der Waals surface area contributed by atoms with Gasteiger partial charge in [-0.15, -0.1) is 0 Å². The summed E-state index contributed by atoms with van der Waals surface area (Å²) < 4.78 is 0. The highest BCUT2D eigenvalue weighted by molar-refractivity contribution is 5.93. The van der Waals surface area contributed by atoms with Crippen molar-refractivity contribution >= 4 is 102 Å². The predicted molar refractivity (Wildman–Crippen MR) is 468 cm³/mol. The van der Waals surface area contributed by atoms with Crippen LogP contribution in [0, 0.1) is 62.3 Å². The molecule has 109 heavy (non-hydrogen) atoms. The van der Waals surface area contributed by atoms with Crippen LogP contribution in [0.4, 0.5) is 102 Å². The maximum absolute atomic E-state index is 2.48. The van der Waals surface area contributed by atoms with Crippen LogP contribution in [0.25, 0.3) is 0 Å². The fourth-order valence-corrected chi connectivity index (χ4v) is 17.0. The highest BCUT2D eigenvalue weighted by Gasteiger charge is 2.40. The molecule has 0 spiro atoms. The molecule has 0 fully saturated rings. The lowest BCUT2D eigenvalue weighted by Gasteiger charge is -2.32. The van der Waals surface area contributed by atoms with Crippen molar-refractivity contribution in [1.29, 1.82) is 0 Å². The zero-order chi connectivity index (χ0) is 76.3. The van der Waals surface area contributed by atoms with E-state index in [9.17, 15) is 0 Å². The van der Waals surface area contributed by atoms with Crippen LogP contribution in [0.1, 0.15) is 84.7 Å². The lowest BCUT2D eigenvalue weighted by atomic mass is 10.1. The first-order valence-corrected chi connectivity index (χ1v) is 38.5. The first-order valence-electron chi connectivity index (χ1n) is 38.5.